The first-order chi connectivity index (χ1) is 58.2. The van der Waals surface area contributed by atoms with E-state index in [0.717, 1.165) is 12.8 Å². The molecule has 0 aromatic carbocycles. The first-order valence-electron chi connectivity index (χ1n) is 38.9. The highest BCUT2D eigenvalue weighted by Crippen LogP contribution is 2.65. The van der Waals surface area contributed by atoms with Crippen molar-refractivity contribution in [2.45, 2.75) is 152 Å². The second kappa shape index (κ2) is 33.9. The van der Waals surface area contributed by atoms with Crippen molar-refractivity contribution in [2.75, 3.05) is 167 Å². The van der Waals surface area contributed by atoms with Crippen molar-refractivity contribution in [1.29, 1.82) is 0 Å². The number of nitrogen functional groups attached to an aromatic ring is 5. The van der Waals surface area contributed by atoms with E-state index in [1.807, 2.05) is 20.7 Å². The van der Waals surface area contributed by atoms with Crippen LogP contribution in [-0.2, 0) is 94.9 Å². The second-order valence-electron chi connectivity index (χ2n) is 30.7. The molecule has 43 heteroatoms. The minimum atomic E-state index is -1.16. The molecule has 10 unspecified atom stereocenters. The lowest BCUT2D eigenvalue weighted by Gasteiger charge is -2.40. The molecule has 8 bridgehead atoms. The molecule has 10 aromatic heterocycles. The van der Waals surface area contributed by atoms with Gasteiger partial charge in [-0.25, -0.2) is 54.8 Å². The third kappa shape index (κ3) is 13.8. The average molecular weight is 1670 g/mol. The first-order valence-corrected chi connectivity index (χ1v) is 38.9. The molecular weight excluding hydrogens is 1570 g/mol. The topological polar surface area (TPSA) is 495 Å². The Balaban J connectivity index is 0.000000112. The number of anilines is 5. The summed E-state index contributed by atoms with van der Waals surface area (Å²) in [5, 5.41) is 1.76. The van der Waals surface area contributed by atoms with Crippen LogP contribution >= 0.6 is 0 Å². The van der Waals surface area contributed by atoms with Gasteiger partial charge in [0.05, 0.1) is 107 Å². The van der Waals surface area contributed by atoms with E-state index in [1.165, 1.54) is 13.4 Å². The van der Waals surface area contributed by atoms with Crippen molar-refractivity contribution in [3.63, 3.8) is 0 Å². The van der Waals surface area contributed by atoms with Gasteiger partial charge in [0.1, 0.15) is 112 Å². The summed E-state index contributed by atoms with van der Waals surface area (Å²) in [6, 6.07) is 6.58. The number of ether oxygens (including phenoxy) is 18. The molecular formula is C77H101N23O20. The summed E-state index contributed by atoms with van der Waals surface area (Å²) in [7, 11) is 20.0. The van der Waals surface area contributed by atoms with Crippen molar-refractivity contribution in [1.82, 2.24) is 87.6 Å². The normalized spacial score (nSPS) is 32.2. The molecule has 644 valence electrons. The summed E-state index contributed by atoms with van der Waals surface area (Å²) in [6.07, 6.45) is 19.7. The van der Waals surface area contributed by atoms with Gasteiger partial charge in [0, 0.05) is 123 Å². The highest BCUT2D eigenvalue weighted by molar-refractivity contribution is 5.91. The molecule has 19 heterocycles. The maximum Gasteiger partial charge on any atom is 0.260 e. The highest BCUT2D eigenvalue weighted by Gasteiger charge is 2.79. The number of morpholine rings is 1. The number of amides is 1. The molecule has 9 aliphatic heterocycles. The van der Waals surface area contributed by atoms with Crippen LogP contribution in [0.25, 0.3) is 55.8 Å². The number of hydrogen-bond acceptors (Lipinski definition) is 37. The molecule has 20 atom stereocenters. The van der Waals surface area contributed by atoms with Crippen molar-refractivity contribution in [2.24, 2.45) is 0 Å². The summed E-state index contributed by atoms with van der Waals surface area (Å²) in [5.41, 5.74) is 35.2. The number of fused-ring (bicyclic) bond motifs is 14. The molecule has 10 N–H and O–H groups in total. The van der Waals surface area contributed by atoms with E-state index in [1.54, 1.807) is 171 Å². The van der Waals surface area contributed by atoms with Gasteiger partial charge in [-0.3, -0.25) is 32.5 Å². The molecule has 0 radical (unpaired) electrons. The van der Waals surface area contributed by atoms with Gasteiger partial charge in [-0.1, -0.05) is 0 Å². The molecule has 10 fully saturated rings. The summed E-state index contributed by atoms with van der Waals surface area (Å²) < 4.78 is 114. The van der Waals surface area contributed by atoms with E-state index in [4.69, 9.17) is 125 Å². The van der Waals surface area contributed by atoms with Crippen LogP contribution in [-0.4, -0.2) is 327 Å². The molecule has 20 rings (SSSR count). The van der Waals surface area contributed by atoms with Crippen LogP contribution in [0, 0.1) is 12.3 Å². The Kier molecular flexibility index (Phi) is 23.7. The summed E-state index contributed by atoms with van der Waals surface area (Å²) >= 11 is 0. The van der Waals surface area contributed by atoms with Gasteiger partial charge < -0.3 is 119 Å². The quantitative estimate of drug-likeness (QED) is 0.0451. The minimum absolute atomic E-state index is 0.115. The fraction of sp³-hybridized carbons (Fsp3) is 0.584. The zero-order chi connectivity index (χ0) is 84.3. The number of carbonyl (C=O) groups excluding carboxylic acids is 1. The van der Waals surface area contributed by atoms with Crippen LogP contribution in [0.2, 0.25) is 0 Å². The zero-order valence-electron chi connectivity index (χ0n) is 68.5. The number of carbonyl (C=O) groups is 1. The maximum atomic E-state index is 12.7. The Morgan fingerprint density at radius 2 is 0.967 bits per heavy atom. The molecule has 120 heavy (non-hydrogen) atoms. The van der Waals surface area contributed by atoms with Crippen LogP contribution in [0.5, 0.6) is 0 Å². The SMILES string of the molecule is C#CCCOC1C(OC)[C@@H](COC)O[C@H]1n1cnc2c(N)ncnc21.COC[C@@]12O[C@@H](n3cnc4c(N)ccnc43)C(C1OC)N(C)C2=O.COC[C@]12CCOC(C1OC)[C@H](n1cnc3c(N)ccnc31)O2.COC[C@]12CN(C)OC(C1OC)[C@H](n1cnc3c(N)ccnc31)O2.COC[C@]12O[C@@H](n3cnc4c(N)ccnc43)C(OC13CC3)C2OC. The standard InChI is InChI=1S/C16H21N5O4.C16H20N4O4.C15H21N5O4.C15H19N5O4.C15H20N4O4/c1-4-5-6-24-13-12(23-3)10(7-22-2)25-16(13)21-9-20-11-14(17)18-8-19-15(11)21;1-21-7-16-12(22-2)11(23-15(16)4-5-15)14(24-16)20-8-19-10-9(17)3-6-18-13(10)20;1-19-6-15(7-21-2)12(22-3)11(24-19)14(23-15)20-8-18-10-9(16)4-5-17-13(10)20;1-19-10-11(23-3)15(6-22-2,14(19)21)24-13(10)20-7-18-9-8(16)4-5-17-12(9)20;1-20-7-15-4-6-22-11(12(15)21-2)14(23-15)19-8-18-10-9(16)3-5-17-13(10)19/h1,8-10,12-13,16H,5-7H2,2-3H3,(H2,17,18,19);3,6,8,11-12,14H,4-5,7H2,1-2H3,(H2,17,18);4-5,8,11-12,14H,6-7H2,1-3H3,(H2,16,17);4-5,7,10-11,13H,6H2,1-3H3,(H2,16,17);3,5,8,11-12,14H,4,6-7H2,1-2H3,(H2,16,17)/t10-,12?,13?,16-;11?,12?,14-,16-;11?,12?,14-,15-;10?,11?,13-,15-;11?,12?,14-,15-/m11111/s1. The lowest BCUT2D eigenvalue weighted by atomic mass is 9.90. The smallest absolute Gasteiger partial charge is 0.260 e. The monoisotopic (exact) mass is 1670 g/mol. The first kappa shape index (κ1) is 83.9. The van der Waals surface area contributed by atoms with E-state index in [2.05, 4.69) is 60.7 Å². The molecule has 9 saturated heterocycles. The fourth-order valence-corrected chi connectivity index (χ4v) is 18.8. The second-order valence-corrected chi connectivity index (χ2v) is 30.7. The minimum Gasteiger partial charge on any atom is -0.397 e. The lowest BCUT2D eigenvalue weighted by Crippen LogP contribution is -2.59. The maximum absolute atomic E-state index is 12.7. The van der Waals surface area contributed by atoms with E-state index in [0.29, 0.717) is 143 Å². The number of nitrogens with two attached hydrogens (primary N) is 5. The zero-order valence-corrected chi connectivity index (χ0v) is 68.5. The van der Waals surface area contributed by atoms with Crippen LogP contribution in [0.3, 0.4) is 0 Å². The number of nitrogens with zero attached hydrogens (tertiary/aromatic N) is 18. The van der Waals surface area contributed by atoms with Crippen LogP contribution in [0.4, 0.5) is 28.6 Å². The van der Waals surface area contributed by atoms with Crippen LogP contribution in [0.15, 0.2) is 87.0 Å². The Morgan fingerprint density at radius 1 is 0.483 bits per heavy atom. The highest BCUT2D eigenvalue weighted by atomic mass is 16.7. The predicted molar refractivity (Wildman–Crippen MR) is 425 cm³/mol. The van der Waals surface area contributed by atoms with Crippen molar-refractivity contribution < 1.29 is 94.9 Å². The molecule has 1 saturated carbocycles. The number of likely N-dealkylation sites (tertiary alicyclic amines) is 1. The van der Waals surface area contributed by atoms with Gasteiger partial charge in [-0.2, -0.15) is 5.06 Å². The number of pyridine rings is 4. The number of methoxy groups -OCH3 is 10. The number of rotatable bonds is 23. The fourth-order valence-electron chi connectivity index (χ4n) is 18.8. The third-order valence-corrected chi connectivity index (χ3v) is 23.9. The Bertz CT molecular complexity index is 5340. The van der Waals surface area contributed by atoms with Crippen molar-refractivity contribution in [3.05, 3.63) is 87.0 Å². The lowest BCUT2D eigenvalue weighted by molar-refractivity contribution is -0.262. The molecule has 1 spiro atoms. The number of aromatic nitrogens is 16. The average Bonchev–Trinajstić information content (AvgIpc) is 1.50. The third-order valence-electron chi connectivity index (χ3n) is 23.9. The molecule has 1 aliphatic carbocycles. The van der Waals surface area contributed by atoms with Crippen molar-refractivity contribution >= 4 is 90.3 Å². The van der Waals surface area contributed by atoms with Gasteiger partial charge in [0.2, 0.25) is 0 Å². The van der Waals surface area contributed by atoms with Gasteiger partial charge in [-0.05, 0) is 37.1 Å². The number of hydroxylamine groups is 2. The summed E-state index contributed by atoms with van der Waals surface area (Å²) in [6.45, 7) is 3.29. The molecule has 10 aliphatic rings. The van der Waals surface area contributed by atoms with Crippen LogP contribution < -0.4 is 28.7 Å². The van der Waals surface area contributed by atoms with E-state index in [-0.39, 0.29) is 85.4 Å². The van der Waals surface area contributed by atoms with Gasteiger partial charge in [0.15, 0.2) is 82.5 Å². The number of hydrogen-bond donors (Lipinski definition) is 5. The predicted octanol–water partition coefficient (Wildman–Crippen LogP) is 1.95. The largest absolute Gasteiger partial charge is 0.397 e. The molecule has 43 nitrogen and oxygen atoms in total. The van der Waals surface area contributed by atoms with Gasteiger partial charge in [-0.15, -0.1) is 12.3 Å². The van der Waals surface area contributed by atoms with Crippen molar-refractivity contribution in [3.8, 4) is 12.3 Å². The molecule has 1 amide bonds. The Morgan fingerprint density at radius 3 is 1.48 bits per heavy atom. The number of imidazole rings is 5. The summed E-state index contributed by atoms with van der Waals surface area (Å²) in [5.74, 6) is 2.72. The van der Waals surface area contributed by atoms with Crippen LogP contribution in [0.1, 0.15) is 56.8 Å². The van der Waals surface area contributed by atoms with E-state index >= 15 is 0 Å². The van der Waals surface area contributed by atoms with E-state index < -0.39 is 53.3 Å². The number of terminal acetylenes is 1. The summed E-state index contributed by atoms with van der Waals surface area (Å²) in [4.78, 5) is 67.8. The molecule has 10 aromatic rings. The van der Waals surface area contributed by atoms with E-state index in [9.17, 15) is 4.79 Å². The van der Waals surface area contributed by atoms with Gasteiger partial charge in [0.25, 0.3) is 5.91 Å². The Hall–Kier alpha value is -9.74. The number of likely N-dealkylation sites (N-methyl/N-ethyl adjacent to an activating group) is 2. The van der Waals surface area contributed by atoms with Gasteiger partial charge >= 0.3 is 0 Å². The Labute approximate surface area is 688 Å².